The van der Waals surface area contributed by atoms with Crippen LogP contribution >= 0.6 is 0 Å². The van der Waals surface area contributed by atoms with E-state index in [0.717, 1.165) is 18.5 Å². The van der Waals surface area contributed by atoms with Crippen LogP contribution in [0.25, 0.3) is 0 Å². The number of rotatable bonds is 7. The van der Waals surface area contributed by atoms with Gasteiger partial charge >= 0.3 is 0 Å². The normalized spacial score (nSPS) is 12.1. The number of nitrogens with one attached hydrogen (secondary N) is 1. The Morgan fingerprint density at radius 3 is 2.67 bits per heavy atom. The molecule has 1 rings (SSSR count). The van der Waals surface area contributed by atoms with Crippen LogP contribution in [0.4, 0.5) is 11.4 Å². The minimum Gasteiger partial charge on any atom is -0.399 e. The Hall–Kier alpha value is -1.55. The third-order valence-electron chi connectivity index (χ3n) is 2.72. The van der Waals surface area contributed by atoms with Gasteiger partial charge in [0.1, 0.15) is 0 Å². The van der Waals surface area contributed by atoms with Gasteiger partial charge in [0.15, 0.2) is 0 Å². The molecule has 1 aromatic rings. The molecule has 1 amide bonds. The molecule has 0 fully saturated rings. The first-order valence-electron chi connectivity index (χ1n) is 6.38. The second kappa shape index (κ2) is 7.71. The van der Waals surface area contributed by atoms with E-state index >= 15 is 0 Å². The summed E-state index contributed by atoms with van der Waals surface area (Å²) in [5.41, 5.74) is 7.03. The minimum atomic E-state index is 0.00697. The highest BCUT2D eigenvalue weighted by molar-refractivity contribution is 5.90. The Kier molecular flexibility index (Phi) is 6.22. The largest absolute Gasteiger partial charge is 0.399 e. The molecule has 0 aliphatic rings. The molecule has 0 saturated heterocycles. The maximum Gasteiger partial charge on any atom is 0.224 e. The van der Waals surface area contributed by atoms with Crippen molar-refractivity contribution in [3.63, 3.8) is 0 Å². The van der Waals surface area contributed by atoms with Gasteiger partial charge in [0, 0.05) is 24.4 Å². The van der Waals surface area contributed by atoms with Gasteiger partial charge < -0.3 is 15.8 Å². The van der Waals surface area contributed by atoms with Crippen LogP contribution < -0.4 is 11.1 Å². The molecule has 0 radical (unpaired) electrons. The number of carbonyl (C=O) groups is 1. The van der Waals surface area contributed by atoms with Gasteiger partial charge in [-0.1, -0.05) is 6.92 Å². The number of hydrogen-bond donors (Lipinski definition) is 2. The van der Waals surface area contributed by atoms with Crippen LogP contribution in [0, 0.1) is 0 Å². The molecule has 0 spiro atoms. The zero-order valence-electron chi connectivity index (χ0n) is 11.1. The van der Waals surface area contributed by atoms with E-state index < -0.39 is 0 Å². The van der Waals surface area contributed by atoms with Crippen LogP contribution in [0.1, 0.15) is 33.1 Å². The van der Waals surface area contributed by atoms with E-state index in [9.17, 15) is 4.79 Å². The zero-order chi connectivity index (χ0) is 13.4. The molecule has 0 aliphatic heterocycles. The van der Waals surface area contributed by atoms with Gasteiger partial charge in [-0.15, -0.1) is 0 Å². The summed E-state index contributed by atoms with van der Waals surface area (Å²) in [6.45, 7) is 4.75. The first kappa shape index (κ1) is 14.5. The third-order valence-corrected chi connectivity index (χ3v) is 2.72. The first-order chi connectivity index (χ1) is 8.61. The maximum absolute atomic E-state index is 11.6. The lowest BCUT2D eigenvalue weighted by Gasteiger charge is -2.10. The predicted molar refractivity (Wildman–Crippen MR) is 74.4 cm³/mol. The lowest BCUT2D eigenvalue weighted by molar-refractivity contribution is -0.116. The van der Waals surface area contributed by atoms with Crippen LogP contribution in [0.2, 0.25) is 0 Å². The van der Waals surface area contributed by atoms with E-state index in [2.05, 4.69) is 12.2 Å². The van der Waals surface area contributed by atoms with Crippen LogP contribution in [0.3, 0.4) is 0 Å². The Bertz CT molecular complexity index is 363. The molecule has 0 aromatic heterocycles. The van der Waals surface area contributed by atoms with Gasteiger partial charge in [0.25, 0.3) is 0 Å². The lowest BCUT2D eigenvalue weighted by Crippen LogP contribution is -2.13. The average molecular weight is 250 g/mol. The van der Waals surface area contributed by atoms with E-state index in [1.165, 1.54) is 0 Å². The number of anilines is 2. The van der Waals surface area contributed by atoms with Crippen LogP contribution in [0.15, 0.2) is 24.3 Å². The summed E-state index contributed by atoms with van der Waals surface area (Å²) in [6.07, 6.45) is 2.48. The van der Waals surface area contributed by atoms with Gasteiger partial charge in [0.05, 0.1) is 6.10 Å². The molecule has 4 nitrogen and oxygen atoms in total. The number of nitrogens with two attached hydrogens (primary N) is 1. The summed E-state index contributed by atoms with van der Waals surface area (Å²) in [4.78, 5) is 11.6. The molecule has 3 N–H and O–H groups in total. The minimum absolute atomic E-state index is 0.00697. The fraction of sp³-hybridized carbons (Fsp3) is 0.500. The highest BCUT2D eigenvalue weighted by Gasteiger charge is 2.03. The van der Waals surface area contributed by atoms with Crippen LogP contribution in [-0.2, 0) is 9.53 Å². The van der Waals surface area contributed by atoms with Crippen molar-refractivity contribution in [3.05, 3.63) is 24.3 Å². The fourth-order valence-corrected chi connectivity index (χ4v) is 1.43. The summed E-state index contributed by atoms with van der Waals surface area (Å²) in [5.74, 6) is 0.00697. The average Bonchev–Trinajstić information content (AvgIpc) is 2.37. The zero-order valence-corrected chi connectivity index (χ0v) is 11.1. The van der Waals surface area contributed by atoms with Crippen molar-refractivity contribution in [2.75, 3.05) is 17.7 Å². The molecule has 0 heterocycles. The van der Waals surface area contributed by atoms with Crippen LogP contribution in [-0.4, -0.2) is 18.6 Å². The van der Waals surface area contributed by atoms with Gasteiger partial charge in [-0.2, -0.15) is 0 Å². The molecule has 1 unspecified atom stereocenters. The second-order valence-corrected chi connectivity index (χ2v) is 4.36. The Balaban J connectivity index is 2.19. The molecule has 0 saturated carbocycles. The monoisotopic (exact) mass is 250 g/mol. The third kappa shape index (κ3) is 5.68. The van der Waals surface area contributed by atoms with Crippen molar-refractivity contribution < 1.29 is 9.53 Å². The van der Waals surface area contributed by atoms with Crippen molar-refractivity contribution in [3.8, 4) is 0 Å². The predicted octanol–water partition coefficient (Wildman–Crippen LogP) is 2.80. The highest BCUT2D eigenvalue weighted by atomic mass is 16.5. The number of hydrogen-bond acceptors (Lipinski definition) is 3. The summed E-state index contributed by atoms with van der Waals surface area (Å²) < 4.78 is 5.51. The van der Waals surface area contributed by atoms with E-state index in [-0.39, 0.29) is 12.0 Å². The van der Waals surface area contributed by atoms with E-state index in [1.807, 2.05) is 6.92 Å². The molecule has 0 aliphatic carbocycles. The molecule has 18 heavy (non-hydrogen) atoms. The van der Waals surface area contributed by atoms with Gasteiger partial charge in [0.2, 0.25) is 5.91 Å². The topological polar surface area (TPSA) is 64.3 Å². The molecular weight excluding hydrogens is 228 g/mol. The summed E-state index contributed by atoms with van der Waals surface area (Å²) in [6, 6.07) is 7.12. The summed E-state index contributed by atoms with van der Waals surface area (Å²) in [5, 5.41) is 2.82. The van der Waals surface area contributed by atoms with E-state index in [0.29, 0.717) is 18.7 Å². The SMILES string of the molecule is CCC(C)OCCCC(=O)Nc1ccc(N)cc1. The number of ether oxygens (including phenoxy) is 1. The number of nitrogen functional groups attached to an aromatic ring is 1. The van der Waals surface area contributed by atoms with Gasteiger partial charge in [-0.05, 0) is 44.0 Å². The quantitative estimate of drug-likeness (QED) is 0.577. The van der Waals surface area contributed by atoms with Crippen molar-refractivity contribution >= 4 is 17.3 Å². The molecule has 4 heteroatoms. The second-order valence-electron chi connectivity index (χ2n) is 4.36. The Morgan fingerprint density at radius 1 is 1.39 bits per heavy atom. The van der Waals surface area contributed by atoms with E-state index in [1.54, 1.807) is 24.3 Å². The Labute approximate surface area is 109 Å². The molecule has 1 aromatic carbocycles. The lowest BCUT2D eigenvalue weighted by atomic mass is 10.2. The highest BCUT2D eigenvalue weighted by Crippen LogP contribution is 2.11. The van der Waals surface area contributed by atoms with Crippen molar-refractivity contribution in [2.45, 2.75) is 39.2 Å². The fourth-order valence-electron chi connectivity index (χ4n) is 1.43. The smallest absolute Gasteiger partial charge is 0.224 e. The molecule has 1 atom stereocenters. The van der Waals surface area contributed by atoms with Crippen molar-refractivity contribution in [2.24, 2.45) is 0 Å². The summed E-state index contributed by atoms with van der Waals surface area (Å²) in [7, 11) is 0. The molecule has 100 valence electrons. The molecule has 0 bridgehead atoms. The maximum atomic E-state index is 11.6. The summed E-state index contributed by atoms with van der Waals surface area (Å²) >= 11 is 0. The van der Waals surface area contributed by atoms with Gasteiger partial charge in [-0.3, -0.25) is 4.79 Å². The van der Waals surface area contributed by atoms with Crippen molar-refractivity contribution in [1.29, 1.82) is 0 Å². The van der Waals surface area contributed by atoms with Gasteiger partial charge in [-0.25, -0.2) is 0 Å². The Morgan fingerprint density at radius 2 is 2.06 bits per heavy atom. The standard InChI is InChI=1S/C14H22N2O2/c1-3-11(2)18-10-4-5-14(17)16-13-8-6-12(15)7-9-13/h6-9,11H,3-5,10,15H2,1-2H3,(H,16,17). The number of amides is 1. The first-order valence-corrected chi connectivity index (χ1v) is 6.38. The number of carbonyl (C=O) groups excluding carboxylic acids is 1. The van der Waals surface area contributed by atoms with Crippen LogP contribution in [0.5, 0.6) is 0 Å². The van der Waals surface area contributed by atoms with Crippen molar-refractivity contribution in [1.82, 2.24) is 0 Å². The number of benzene rings is 1. The molecular formula is C14H22N2O2. The van der Waals surface area contributed by atoms with E-state index in [4.69, 9.17) is 10.5 Å².